The number of hydrogen-bond acceptors (Lipinski definition) is 4. The molecule has 6 heteroatoms. The van der Waals surface area contributed by atoms with E-state index in [1.54, 1.807) is 12.4 Å². The van der Waals surface area contributed by atoms with Crippen molar-refractivity contribution in [1.82, 2.24) is 15.3 Å². The third-order valence-electron chi connectivity index (χ3n) is 5.81. The van der Waals surface area contributed by atoms with Gasteiger partial charge in [0.05, 0.1) is 17.7 Å². The van der Waals surface area contributed by atoms with Crippen LogP contribution in [-0.2, 0) is 12.8 Å². The largest absolute Gasteiger partial charge is 0.391 e. The Balaban J connectivity index is 1.59. The Morgan fingerprint density at radius 2 is 1.90 bits per heavy atom. The second-order valence-electron chi connectivity index (χ2n) is 8.02. The van der Waals surface area contributed by atoms with Crippen molar-refractivity contribution in [3.8, 4) is 11.1 Å². The van der Waals surface area contributed by atoms with Gasteiger partial charge in [-0.25, -0.2) is 0 Å². The van der Waals surface area contributed by atoms with Crippen molar-refractivity contribution in [1.29, 1.82) is 0 Å². The first-order valence-corrected chi connectivity index (χ1v) is 11.1. The summed E-state index contributed by atoms with van der Waals surface area (Å²) in [6, 6.07) is 13.2. The van der Waals surface area contributed by atoms with Gasteiger partial charge in [-0.3, -0.25) is 14.8 Å². The number of aliphatic hydroxyl groups excluding tert-OH is 1. The molecule has 4 rings (SSSR count). The van der Waals surface area contributed by atoms with Gasteiger partial charge in [0.15, 0.2) is 0 Å². The van der Waals surface area contributed by atoms with E-state index in [0.717, 1.165) is 60.9 Å². The van der Waals surface area contributed by atoms with E-state index in [2.05, 4.69) is 15.3 Å². The molecule has 2 N–H and O–H groups in total. The number of pyridine rings is 2. The minimum atomic E-state index is -0.486. The van der Waals surface area contributed by atoms with Crippen LogP contribution in [0.2, 0.25) is 5.02 Å². The molecule has 0 spiro atoms. The van der Waals surface area contributed by atoms with E-state index in [4.69, 9.17) is 11.6 Å². The second-order valence-corrected chi connectivity index (χ2v) is 8.45. The van der Waals surface area contributed by atoms with Crippen LogP contribution in [0.3, 0.4) is 0 Å². The first-order chi connectivity index (χ1) is 15.1. The minimum Gasteiger partial charge on any atom is -0.391 e. The van der Waals surface area contributed by atoms with E-state index < -0.39 is 6.10 Å². The van der Waals surface area contributed by atoms with Gasteiger partial charge in [-0.15, -0.1) is 0 Å². The van der Waals surface area contributed by atoms with Crippen molar-refractivity contribution >= 4 is 17.5 Å². The Morgan fingerprint density at radius 1 is 1.10 bits per heavy atom. The summed E-state index contributed by atoms with van der Waals surface area (Å²) in [7, 11) is 0. The van der Waals surface area contributed by atoms with E-state index in [0.29, 0.717) is 10.6 Å². The maximum absolute atomic E-state index is 12.9. The van der Waals surface area contributed by atoms with Crippen LogP contribution in [0.1, 0.15) is 47.3 Å². The van der Waals surface area contributed by atoms with Crippen molar-refractivity contribution in [3.05, 3.63) is 82.9 Å². The molecule has 1 fully saturated rings. The molecule has 0 aliphatic heterocycles. The van der Waals surface area contributed by atoms with Crippen LogP contribution in [0, 0.1) is 0 Å². The summed E-state index contributed by atoms with van der Waals surface area (Å²) in [5.41, 5.74) is 4.43. The number of nitrogens with zero attached hydrogens (tertiary/aromatic N) is 2. The molecule has 1 aliphatic carbocycles. The summed E-state index contributed by atoms with van der Waals surface area (Å²) in [6.07, 6.45) is 9.85. The molecule has 1 aromatic carbocycles. The molecule has 5 nitrogen and oxygen atoms in total. The summed E-state index contributed by atoms with van der Waals surface area (Å²) < 4.78 is 0. The Hall–Kier alpha value is -2.76. The van der Waals surface area contributed by atoms with Crippen LogP contribution in [-0.4, -0.2) is 33.1 Å². The number of aromatic nitrogens is 2. The van der Waals surface area contributed by atoms with Crippen LogP contribution in [0.5, 0.6) is 0 Å². The van der Waals surface area contributed by atoms with Gasteiger partial charge in [0, 0.05) is 34.9 Å². The standard InChI is InChI=1S/C25H26ClN3O2/c26-20-10-8-18(9-11-20)21-14-19(25(31)29-23-5-1-2-6-24(23)30)16-28-22(21)12-7-17-4-3-13-27-15-17/h3-4,8-11,13-16,23-24,30H,1-2,5-7,12H2,(H,29,31)/t23-,24-/m1/s1. The maximum Gasteiger partial charge on any atom is 0.253 e. The molecule has 2 heterocycles. The van der Waals surface area contributed by atoms with Gasteiger partial charge in [0.2, 0.25) is 0 Å². The van der Waals surface area contributed by atoms with Gasteiger partial charge in [0.25, 0.3) is 5.91 Å². The first-order valence-electron chi connectivity index (χ1n) is 10.7. The Labute approximate surface area is 187 Å². The van der Waals surface area contributed by atoms with E-state index >= 15 is 0 Å². The quantitative estimate of drug-likeness (QED) is 0.592. The van der Waals surface area contributed by atoms with E-state index in [1.165, 1.54) is 0 Å². The summed E-state index contributed by atoms with van der Waals surface area (Å²) in [6.45, 7) is 0. The molecule has 2 aromatic heterocycles. The molecule has 1 aliphatic rings. The smallest absolute Gasteiger partial charge is 0.253 e. The molecule has 160 valence electrons. The third-order valence-corrected chi connectivity index (χ3v) is 6.06. The lowest BCUT2D eigenvalue weighted by molar-refractivity contribution is 0.0717. The van der Waals surface area contributed by atoms with Gasteiger partial charge in [-0.1, -0.05) is 42.6 Å². The molecular formula is C25H26ClN3O2. The van der Waals surface area contributed by atoms with Gasteiger partial charge in [-0.2, -0.15) is 0 Å². The second kappa shape index (κ2) is 10.0. The van der Waals surface area contributed by atoms with Gasteiger partial charge >= 0.3 is 0 Å². The molecule has 2 atom stereocenters. The molecule has 1 saturated carbocycles. The van der Waals surface area contributed by atoms with Crippen molar-refractivity contribution in [2.24, 2.45) is 0 Å². The van der Waals surface area contributed by atoms with Crippen LogP contribution in [0.4, 0.5) is 0 Å². The number of carbonyl (C=O) groups excluding carboxylic acids is 1. The average Bonchev–Trinajstić information content (AvgIpc) is 2.80. The zero-order valence-corrected chi connectivity index (χ0v) is 18.1. The SMILES string of the molecule is O=C(N[C@@H]1CCCC[C@H]1O)c1cnc(CCc2cccnc2)c(-c2ccc(Cl)cc2)c1. The summed E-state index contributed by atoms with van der Waals surface area (Å²) in [5.74, 6) is -0.201. The lowest BCUT2D eigenvalue weighted by atomic mass is 9.92. The highest BCUT2D eigenvalue weighted by Gasteiger charge is 2.25. The van der Waals surface area contributed by atoms with Crippen molar-refractivity contribution in [3.63, 3.8) is 0 Å². The molecular weight excluding hydrogens is 410 g/mol. The Bertz CT molecular complexity index is 1020. The van der Waals surface area contributed by atoms with Gasteiger partial charge in [0.1, 0.15) is 0 Å². The highest BCUT2D eigenvalue weighted by molar-refractivity contribution is 6.30. The number of aryl methyl sites for hydroxylation is 2. The molecule has 1 amide bonds. The number of hydrogen-bond donors (Lipinski definition) is 2. The fourth-order valence-corrected chi connectivity index (χ4v) is 4.16. The number of aliphatic hydroxyl groups is 1. The Kier molecular flexibility index (Phi) is 6.95. The van der Waals surface area contributed by atoms with E-state index in [1.807, 2.05) is 48.7 Å². The molecule has 0 unspecified atom stereocenters. The fraction of sp³-hybridized carbons (Fsp3) is 0.320. The zero-order chi connectivity index (χ0) is 21.6. The predicted octanol–water partition coefficient (Wildman–Crippen LogP) is 4.62. The van der Waals surface area contributed by atoms with Crippen LogP contribution in [0.25, 0.3) is 11.1 Å². The summed E-state index contributed by atoms with van der Waals surface area (Å²) in [4.78, 5) is 21.7. The minimum absolute atomic E-state index is 0.201. The van der Waals surface area contributed by atoms with Crippen molar-refractivity contribution in [2.45, 2.75) is 50.7 Å². The zero-order valence-electron chi connectivity index (χ0n) is 17.3. The fourth-order valence-electron chi connectivity index (χ4n) is 4.04. The average molecular weight is 436 g/mol. The molecule has 0 saturated heterocycles. The normalized spacial score (nSPS) is 18.5. The van der Waals surface area contributed by atoms with E-state index in [9.17, 15) is 9.90 Å². The Morgan fingerprint density at radius 3 is 2.65 bits per heavy atom. The molecule has 0 bridgehead atoms. The van der Waals surface area contributed by atoms with Crippen LogP contribution < -0.4 is 5.32 Å². The molecule has 31 heavy (non-hydrogen) atoms. The topological polar surface area (TPSA) is 75.1 Å². The highest BCUT2D eigenvalue weighted by atomic mass is 35.5. The van der Waals surface area contributed by atoms with Crippen LogP contribution in [0.15, 0.2) is 61.1 Å². The number of rotatable bonds is 6. The monoisotopic (exact) mass is 435 g/mol. The predicted molar refractivity (Wildman–Crippen MR) is 122 cm³/mol. The van der Waals surface area contributed by atoms with Crippen LogP contribution >= 0.6 is 11.6 Å². The number of benzene rings is 1. The molecule has 3 aromatic rings. The third kappa shape index (κ3) is 5.49. The van der Waals surface area contributed by atoms with Crippen molar-refractivity contribution in [2.75, 3.05) is 0 Å². The van der Waals surface area contributed by atoms with Gasteiger partial charge in [-0.05, 0) is 61.1 Å². The lowest BCUT2D eigenvalue weighted by Crippen LogP contribution is -2.45. The van der Waals surface area contributed by atoms with Gasteiger partial charge < -0.3 is 10.4 Å². The maximum atomic E-state index is 12.9. The number of amides is 1. The highest BCUT2D eigenvalue weighted by Crippen LogP contribution is 2.27. The van der Waals surface area contributed by atoms with E-state index in [-0.39, 0.29) is 11.9 Å². The lowest BCUT2D eigenvalue weighted by Gasteiger charge is -2.28. The molecule has 0 radical (unpaired) electrons. The van der Waals surface area contributed by atoms with Crippen molar-refractivity contribution < 1.29 is 9.90 Å². The summed E-state index contributed by atoms with van der Waals surface area (Å²) >= 11 is 6.07. The summed E-state index contributed by atoms with van der Waals surface area (Å²) in [5, 5.41) is 13.9. The number of halogens is 1. The first kappa shape index (κ1) is 21.5. The number of nitrogens with one attached hydrogen (secondary N) is 1. The number of carbonyl (C=O) groups is 1.